The first-order valence-electron chi connectivity index (χ1n) is 8.95. The molecule has 1 aliphatic heterocycles. The molecule has 0 saturated carbocycles. The zero-order valence-electron chi connectivity index (χ0n) is 15.0. The largest absolute Gasteiger partial charge is 0.359 e. The first-order chi connectivity index (χ1) is 12.2. The van der Waals surface area contributed by atoms with Crippen molar-refractivity contribution in [2.24, 2.45) is 5.92 Å². The molecule has 5 nitrogen and oxygen atoms in total. The van der Waals surface area contributed by atoms with Gasteiger partial charge < -0.3 is 5.32 Å². The fourth-order valence-electron chi connectivity index (χ4n) is 3.37. The van der Waals surface area contributed by atoms with E-state index in [1.54, 1.807) is 7.05 Å². The van der Waals surface area contributed by atoms with E-state index in [9.17, 15) is 4.79 Å². The number of rotatable bonds is 5. The van der Waals surface area contributed by atoms with Gasteiger partial charge in [-0.25, -0.2) is 9.97 Å². The first-order valence-corrected chi connectivity index (χ1v) is 8.95. The van der Waals surface area contributed by atoms with Crippen LogP contribution < -0.4 is 5.32 Å². The summed E-state index contributed by atoms with van der Waals surface area (Å²) in [4.78, 5) is 23.0. The van der Waals surface area contributed by atoms with Crippen LogP contribution in [0.4, 0.5) is 0 Å². The van der Waals surface area contributed by atoms with Gasteiger partial charge in [-0.1, -0.05) is 24.3 Å². The Morgan fingerprint density at radius 2 is 1.88 bits per heavy atom. The molecule has 1 saturated heterocycles. The van der Waals surface area contributed by atoms with Crippen molar-refractivity contribution >= 4 is 5.91 Å². The number of benzene rings is 1. The van der Waals surface area contributed by atoms with Crippen LogP contribution in [0.3, 0.4) is 0 Å². The molecular formula is C20H26N4O. The van der Waals surface area contributed by atoms with E-state index in [0.29, 0.717) is 12.3 Å². The van der Waals surface area contributed by atoms with Crippen molar-refractivity contribution in [1.29, 1.82) is 0 Å². The van der Waals surface area contributed by atoms with E-state index in [0.717, 1.165) is 49.4 Å². The summed E-state index contributed by atoms with van der Waals surface area (Å²) in [6.07, 6.45) is 6.68. The van der Waals surface area contributed by atoms with Crippen molar-refractivity contribution in [2.75, 3.05) is 20.1 Å². The predicted molar refractivity (Wildman–Crippen MR) is 98.9 cm³/mol. The highest BCUT2D eigenvalue weighted by Gasteiger charge is 2.21. The van der Waals surface area contributed by atoms with Gasteiger partial charge in [0, 0.05) is 43.5 Å². The number of aryl methyl sites for hydroxylation is 1. The molecule has 1 N–H and O–H groups in total. The Morgan fingerprint density at radius 3 is 2.52 bits per heavy atom. The monoisotopic (exact) mass is 338 g/mol. The molecular weight excluding hydrogens is 312 g/mol. The number of piperidine rings is 1. The average Bonchev–Trinajstić information content (AvgIpc) is 2.64. The quantitative estimate of drug-likeness (QED) is 0.911. The Hall–Kier alpha value is -2.27. The predicted octanol–water partition coefficient (Wildman–Crippen LogP) is 2.80. The maximum absolute atomic E-state index is 11.5. The minimum Gasteiger partial charge on any atom is -0.359 e. The molecule has 1 amide bonds. The van der Waals surface area contributed by atoms with Gasteiger partial charge in [0.15, 0.2) is 5.82 Å². The molecule has 0 spiro atoms. The normalized spacial score (nSPS) is 15.9. The minimum absolute atomic E-state index is 0.152. The molecule has 0 radical (unpaired) electrons. The Bertz CT molecular complexity index is 706. The van der Waals surface area contributed by atoms with E-state index in [2.05, 4.69) is 39.2 Å². The fourth-order valence-corrected chi connectivity index (χ4v) is 3.37. The van der Waals surface area contributed by atoms with Crippen molar-refractivity contribution in [3.05, 3.63) is 47.8 Å². The number of hydrogen-bond donors (Lipinski definition) is 1. The number of amides is 1. The zero-order valence-corrected chi connectivity index (χ0v) is 15.0. The van der Waals surface area contributed by atoms with Crippen LogP contribution >= 0.6 is 0 Å². The second-order valence-electron chi connectivity index (χ2n) is 6.83. The number of likely N-dealkylation sites (tertiary alicyclic amines) is 1. The summed E-state index contributed by atoms with van der Waals surface area (Å²) in [5, 5.41) is 2.72. The number of hydrogen-bond acceptors (Lipinski definition) is 4. The van der Waals surface area contributed by atoms with Crippen LogP contribution in [0.15, 0.2) is 36.7 Å². The Kier molecular flexibility index (Phi) is 5.76. The van der Waals surface area contributed by atoms with E-state index < -0.39 is 0 Å². The third-order valence-corrected chi connectivity index (χ3v) is 4.96. The summed E-state index contributed by atoms with van der Waals surface area (Å²) in [5.74, 6) is 1.45. The third-order valence-electron chi connectivity index (χ3n) is 4.96. The van der Waals surface area contributed by atoms with Gasteiger partial charge >= 0.3 is 0 Å². The lowest BCUT2D eigenvalue weighted by molar-refractivity contribution is -0.121. The Morgan fingerprint density at radius 1 is 1.20 bits per heavy atom. The lowest BCUT2D eigenvalue weighted by atomic mass is 9.93. The lowest BCUT2D eigenvalue weighted by Gasteiger charge is -2.31. The number of nitrogens with one attached hydrogen (secondary N) is 1. The second kappa shape index (κ2) is 8.21. The zero-order chi connectivity index (χ0) is 17.6. The molecule has 0 atom stereocenters. The minimum atomic E-state index is 0.152. The number of carbonyl (C=O) groups is 1. The van der Waals surface area contributed by atoms with Gasteiger partial charge in [-0.05, 0) is 44.3 Å². The smallest absolute Gasteiger partial charge is 0.220 e. The van der Waals surface area contributed by atoms with Crippen LogP contribution in [0.1, 0.15) is 30.4 Å². The topological polar surface area (TPSA) is 58.1 Å². The molecule has 2 heterocycles. The van der Waals surface area contributed by atoms with Crippen molar-refractivity contribution in [1.82, 2.24) is 20.2 Å². The standard InChI is InChI=1S/C20H26N4O/c1-15-5-3-4-6-18(15)20-22-12-17(13-23-20)14-24-9-7-16(8-10-24)11-19(25)21-2/h3-6,12-13,16H,7-11,14H2,1-2H3,(H,21,25). The van der Waals surface area contributed by atoms with Crippen molar-refractivity contribution in [2.45, 2.75) is 32.7 Å². The molecule has 5 heteroatoms. The fraction of sp³-hybridized carbons (Fsp3) is 0.450. The summed E-state index contributed by atoms with van der Waals surface area (Å²) < 4.78 is 0. The van der Waals surface area contributed by atoms with E-state index in [1.807, 2.05) is 24.5 Å². The Balaban J connectivity index is 1.54. The van der Waals surface area contributed by atoms with Crippen molar-refractivity contribution in [3.8, 4) is 11.4 Å². The molecule has 1 fully saturated rings. The third kappa shape index (κ3) is 4.63. The maximum atomic E-state index is 11.5. The second-order valence-corrected chi connectivity index (χ2v) is 6.83. The summed E-state index contributed by atoms with van der Waals surface area (Å²) >= 11 is 0. The van der Waals surface area contributed by atoms with Crippen LogP contribution in [0, 0.1) is 12.8 Å². The molecule has 0 aliphatic carbocycles. The average molecular weight is 338 g/mol. The van der Waals surface area contributed by atoms with Crippen molar-refractivity contribution in [3.63, 3.8) is 0 Å². The molecule has 0 bridgehead atoms. The van der Waals surface area contributed by atoms with E-state index in [1.165, 1.54) is 5.56 Å². The van der Waals surface area contributed by atoms with Crippen LogP contribution in [-0.4, -0.2) is 40.9 Å². The highest BCUT2D eigenvalue weighted by Crippen LogP contribution is 2.22. The molecule has 1 aliphatic rings. The summed E-state index contributed by atoms with van der Waals surface area (Å²) in [7, 11) is 1.71. The lowest BCUT2D eigenvalue weighted by Crippen LogP contribution is -2.35. The van der Waals surface area contributed by atoms with E-state index in [4.69, 9.17) is 0 Å². The van der Waals surface area contributed by atoms with Crippen LogP contribution in [0.5, 0.6) is 0 Å². The van der Waals surface area contributed by atoms with E-state index in [-0.39, 0.29) is 5.91 Å². The van der Waals surface area contributed by atoms with Gasteiger partial charge in [-0.2, -0.15) is 0 Å². The van der Waals surface area contributed by atoms with E-state index >= 15 is 0 Å². The summed E-state index contributed by atoms with van der Waals surface area (Å²) in [5.41, 5.74) is 3.42. The molecule has 1 aromatic carbocycles. The summed E-state index contributed by atoms with van der Waals surface area (Å²) in [6.45, 7) is 5.01. The van der Waals surface area contributed by atoms with Crippen molar-refractivity contribution < 1.29 is 4.79 Å². The molecule has 0 unspecified atom stereocenters. The van der Waals surface area contributed by atoms with Gasteiger partial charge in [-0.15, -0.1) is 0 Å². The van der Waals surface area contributed by atoms with Crippen LogP contribution in [0.25, 0.3) is 11.4 Å². The van der Waals surface area contributed by atoms with Gasteiger partial charge in [0.1, 0.15) is 0 Å². The molecule has 1 aromatic heterocycles. The SMILES string of the molecule is CNC(=O)CC1CCN(Cc2cnc(-c3ccccc3C)nc2)CC1. The van der Waals surface area contributed by atoms with Gasteiger partial charge in [0.05, 0.1) is 0 Å². The van der Waals surface area contributed by atoms with Crippen LogP contribution in [-0.2, 0) is 11.3 Å². The number of carbonyl (C=O) groups excluding carboxylic acids is 1. The van der Waals surface area contributed by atoms with Gasteiger partial charge in [0.2, 0.25) is 5.91 Å². The van der Waals surface area contributed by atoms with Crippen LogP contribution in [0.2, 0.25) is 0 Å². The highest BCUT2D eigenvalue weighted by atomic mass is 16.1. The summed E-state index contributed by atoms with van der Waals surface area (Å²) in [6, 6.07) is 8.18. The Labute approximate surface area is 149 Å². The molecule has 25 heavy (non-hydrogen) atoms. The highest BCUT2D eigenvalue weighted by molar-refractivity contribution is 5.75. The molecule has 2 aromatic rings. The molecule has 132 valence electrons. The molecule has 3 rings (SSSR count). The number of nitrogens with zero attached hydrogens (tertiary/aromatic N) is 3. The first kappa shape index (κ1) is 17.5. The van der Waals surface area contributed by atoms with Gasteiger partial charge in [-0.3, -0.25) is 9.69 Å². The van der Waals surface area contributed by atoms with Gasteiger partial charge in [0.25, 0.3) is 0 Å². The maximum Gasteiger partial charge on any atom is 0.220 e. The number of aromatic nitrogens is 2.